The Morgan fingerprint density at radius 3 is 2.33 bits per heavy atom. The van der Waals surface area contributed by atoms with Crippen molar-refractivity contribution in [2.75, 3.05) is 0 Å². The normalized spacial score (nSPS) is 22.2. The maximum atomic E-state index is 8.95. The second kappa shape index (κ2) is 2.09. The van der Waals surface area contributed by atoms with Gasteiger partial charge in [0.15, 0.2) is 0 Å². The third kappa shape index (κ3) is 1.22. The van der Waals surface area contributed by atoms with Gasteiger partial charge in [0.05, 0.1) is 5.76 Å². The third-order valence-corrected chi connectivity index (χ3v) is 1.33. The number of hydrogen-bond donors (Lipinski definition) is 1. The van der Waals surface area contributed by atoms with Gasteiger partial charge >= 0.3 is 0 Å². The molecule has 0 unspecified atom stereocenters. The lowest BCUT2D eigenvalue weighted by molar-refractivity contribution is 0.411. The lowest BCUT2D eigenvalue weighted by atomic mass is 10.2. The maximum absolute atomic E-state index is 8.95. The van der Waals surface area contributed by atoms with Gasteiger partial charge in [0.1, 0.15) is 0 Å². The van der Waals surface area contributed by atoms with Crippen LogP contribution in [0.5, 0.6) is 0 Å². The van der Waals surface area contributed by atoms with Crippen molar-refractivity contribution in [3.8, 4) is 0 Å². The average Bonchev–Trinajstić information content (AvgIpc) is 2.14. The number of aliphatic hydroxyl groups is 1. The van der Waals surface area contributed by atoms with Crippen molar-refractivity contribution in [3.05, 3.63) is 35.1 Å². The van der Waals surface area contributed by atoms with Crippen molar-refractivity contribution in [3.63, 3.8) is 0 Å². The summed E-state index contributed by atoms with van der Waals surface area (Å²) in [7, 11) is 0. The van der Waals surface area contributed by atoms with Crippen LogP contribution in [-0.4, -0.2) is 5.11 Å². The van der Waals surface area contributed by atoms with E-state index in [2.05, 4.69) is 0 Å². The van der Waals surface area contributed by atoms with Gasteiger partial charge in [0, 0.05) is 5.57 Å². The lowest BCUT2D eigenvalue weighted by Gasteiger charge is -1.89. The molecule has 0 spiro atoms. The standard InChI is InChI=1S/C8H10O/c1-6-3-4-8(5-6)7(2)9/h3-5,9H,1-2H3. The van der Waals surface area contributed by atoms with Crippen LogP contribution < -0.4 is 0 Å². The molecule has 0 aromatic heterocycles. The highest BCUT2D eigenvalue weighted by Crippen LogP contribution is 2.16. The molecule has 1 N–H and O–H groups in total. The van der Waals surface area contributed by atoms with Gasteiger partial charge < -0.3 is 5.11 Å². The van der Waals surface area contributed by atoms with E-state index in [1.807, 2.05) is 25.2 Å². The molecule has 48 valence electrons. The molecular weight excluding hydrogens is 112 g/mol. The van der Waals surface area contributed by atoms with E-state index in [0.29, 0.717) is 5.76 Å². The third-order valence-electron chi connectivity index (χ3n) is 1.33. The molecule has 0 saturated heterocycles. The highest BCUT2D eigenvalue weighted by molar-refractivity contribution is 5.45. The van der Waals surface area contributed by atoms with Gasteiger partial charge in [0.2, 0.25) is 0 Å². The van der Waals surface area contributed by atoms with Crippen LogP contribution in [0.15, 0.2) is 35.1 Å². The number of hydrogen-bond acceptors (Lipinski definition) is 1. The zero-order valence-corrected chi connectivity index (χ0v) is 5.68. The molecule has 1 rings (SSSR count). The van der Waals surface area contributed by atoms with Crippen molar-refractivity contribution in [1.82, 2.24) is 0 Å². The fraction of sp³-hybridized carbons (Fsp3) is 0.250. The molecule has 0 heterocycles. The van der Waals surface area contributed by atoms with Gasteiger partial charge in [-0.3, -0.25) is 0 Å². The van der Waals surface area contributed by atoms with Gasteiger partial charge in [-0.1, -0.05) is 17.7 Å². The van der Waals surface area contributed by atoms with E-state index in [0.717, 1.165) is 5.57 Å². The second-order valence-electron chi connectivity index (χ2n) is 2.26. The van der Waals surface area contributed by atoms with Gasteiger partial charge in [-0.05, 0) is 19.9 Å². The number of aliphatic hydroxyl groups excluding tert-OH is 1. The Labute approximate surface area is 55.0 Å². The molecule has 1 aliphatic rings. The topological polar surface area (TPSA) is 20.2 Å². The van der Waals surface area contributed by atoms with Crippen molar-refractivity contribution in [1.29, 1.82) is 0 Å². The van der Waals surface area contributed by atoms with E-state index in [9.17, 15) is 0 Å². The molecule has 0 fully saturated rings. The van der Waals surface area contributed by atoms with E-state index in [4.69, 9.17) is 5.11 Å². The number of rotatable bonds is 0. The predicted octanol–water partition coefficient (Wildman–Crippen LogP) is 2.33. The highest BCUT2D eigenvalue weighted by atomic mass is 16.3. The molecule has 0 radical (unpaired) electrons. The minimum atomic E-state index is 0.392. The lowest BCUT2D eigenvalue weighted by Crippen LogP contribution is -1.75. The van der Waals surface area contributed by atoms with Crippen LogP contribution in [0.1, 0.15) is 13.8 Å². The Bertz CT molecular complexity index is 203. The smallest absolute Gasteiger partial charge is 0.0963 e. The van der Waals surface area contributed by atoms with Crippen molar-refractivity contribution < 1.29 is 5.11 Å². The van der Waals surface area contributed by atoms with E-state index in [1.54, 1.807) is 6.92 Å². The summed E-state index contributed by atoms with van der Waals surface area (Å²) in [4.78, 5) is 0. The largest absolute Gasteiger partial charge is 0.512 e. The van der Waals surface area contributed by atoms with Gasteiger partial charge in [-0.2, -0.15) is 0 Å². The molecule has 9 heavy (non-hydrogen) atoms. The van der Waals surface area contributed by atoms with Crippen LogP contribution in [0.3, 0.4) is 0 Å². The van der Waals surface area contributed by atoms with E-state index in [-0.39, 0.29) is 0 Å². The number of allylic oxidation sites excluding steroid dienone is 6. The Morgan fingerprint density at radius 1 is 1.44 bits per heavy atom. The van der Waals surface area contributed by atoms with E-state index < -0.39 is 0 Å². The van der Waals surface area contributed by atoms with Crippen LogP contribution in [-0.2, 0) is 0 Å². The summed E-state index contributed by atoms with van der Waals surface area (Å²) in [5, 5.41) is 8.95. The fourth-order valence-corrected chi connectivity index (χ4v) is 0.788. The minimum absolute atomic E-state index is 0.392. The van der Waals surface area contributed by atoms with Crippen LogP contribution in [0, 0.1) is 0 Å². The second-order valence-corrected chi connectivity index (χ2v) is 2.26. The summed E-state index contributed by atoms with van der Waals surface area (Å²) >= 11 is 0. The molecule has 0 aliphatic heterocycles. The van der Waals surface area contributed by atoms with E-state index in [1.165, 1.54) is 5.57 Å². The fourth-order valence-electron chi connectivity index (χ4n) is 0.788. The zero-order chi connectivity index (χ0) is 6.85. The summed E-state index contributed by atoms with van der Waals surface area (Å²) in [6, 6.07) is 0. The summed E-state index contributed by atoms with van der Waals surface area (Å²) in [5.74, 6) is 0.392. The summed E-state index contributed by atoms with van der Waals surface area (Å²) in [5.41, 5.74) is 2.12. The van der Waals surface area contributed by atoms with Crippen molar-refractivity contribution in [2.24, 2.45) is 0 Å². The monoisotopic (exact) mass is 122 g/mol. The first kappa shape index (κ1) is 6.14. The molecule has 0 aromatic carbocycles. The first-order valence-electron chi connectivity index (χ1n) is 2.96. The van der Waals surface area contributed by atoms with Crippen LogP contribution in [0.2, 0.25) is 0 Å². The maximum Gasteiger partial charge on any atom is 0.0963 e. The molecule has 0 atom stereocenters. The summed E-state index contributed by atoms with van der Waals surface area (Å²) in [6.07, 6.45) is 5.84. The van der Waals surface area contributed by atoms with Gasteiger partial charge in [-0.15, -0.1) is 0 Å². The van der Waals surface area contributed by atoms with Crippen molar-refractivity contribution >= 4 is 0 Å². The zero-order valence-electron chi connectivity index (χ0n) is 5.68. The Morgan fingerprint density at radius 2 is 2.11 bits per heavy atom. The van der Waals surface area contributed by atoms with Crippen LogP contribution in [0.4, 0.5) is 0 Å². The van der Waals surface area contributed by atoms with Crippen LogP contribution in [0.25, 0.3) is 0 Å². The average molecular weight is 122 g/mol. The Balaban J connectivity index is 2.95. The van der Waals surface area contributed by atoms with Gasteiger partial charge in [-0.25, -0.2) is 0 Å². The SMILES string of the molecule is CC1=CC(=C(C)O)C=C1. The van der Waals surface area contributed by atoms with Crippen molar-refractivity contribution in [2.45, 2.75) is 13.8 Å². The summed E-state index contributed by atoms with van der Waals surface area (Å²) in [6.45, 7) is 3.70. The first-order valence-corrected chi connectivity index (χ1v) is 2.96. The Kier molecular flexibility index (Phi) is 1.43. The summed E-state index contributed by atoms with van der Waals surface area (Å²) < 4.78 is 0. The minimum Gasteiger partial charge on any atom is -0.512 e. The molecular formula is C8H10O. The quantitative estimate of drug-likeness (QED) is 0.489. The molecule has 1 nitrogen and oxygen atoms in total. The molecule has 0 aromatic rings. The first-order chi connectivity index (χ1) is 4.20. The molecule has 0 bridgehead atoms. The molecule has 0 amide bonds. The van der Waals surface area contributed by atoms with E-state index >= 15 is 0 Å². The molecule has 1 aliphatic carbocycles. The highest BCUT2D eigenvalue weighted by Gasteiger charge is 1.98. The Hall–Kier alpha value is -0.980. The van der Waals surface area contributed by atoms with Gasteiger partial charge in [0.25, 0.3) is 0 Å². The molecule has 1 heteroatoms. The van der Waals surface area contributed by atoms with Crippen LogP contribution >= 0.6 is 0 Å². The predicted molar refractivity (Wildman–Crippen MR) is 38.2 cm³/mol. The molecule has 0 saturated carbocycles.